The van der Waals surface area contributed by atoms with Crippen molar-refractivity contribution in [3.05, 3.63) is 109 Å². The van der Waals surface area contributed by atoms with Gasteiger partial charge in [-0.25, -0.2) is 0 Å². The number of hydrogen-bond donors (Lipinski definition) is 0. The van der Waals surface area contributed by atoms with Crippen molar-refractivity contribution in [1.29, 1.82) is 0 Å². The molecule has 2 heteroatoms. The van der Waals surface area contributed by atoms with Gasteiger partial charge in [0.15, 0.2) is 0 Å². The van der Waals surface area contributed by atoms with Crippen molar-refractivity contribution in [3.63, 3.8) is 0 Å². The summed E-state index contributed by atoms with van der Waals surface area (Å²) in [6.45, 7) is 0. The maximum Gasteiger partial charge on any atom is 0.0840 e. The molecule has 0 radical (unpaired) electrons. The lowest BCUT2D eigenvalue weighted by molar-refractivity contribution is 1.33. The van der Waals surface area contributed by atoms with Crippen LogP contribution in [0, 0.1) is 0 Å². The molecular formula is C22H18N2. The molecular weight excluding hydrogens is 292 g/mol. The molecule has 0 N–H and O–H groups in total. The van der Waals surface area contributed by atoms with E-state index in [1.54, 1.807) is 0 Å². The van der Waals surface area contributed by atoms with Crippen molar-refractivity contribution in [2.75, 3.05) is 0 Å². The van der Waals surface area contributed by atoms with Gasteiger partial charge < -0.3 is 0 Å². The molecule has 0 amide bonds. The van der Waals surface area contributed by atoms with Crippen LogP contribution in [0.15, 0.2) is 109 Å². The molecule has 0 aliphatic rings. The van der Waals surface area contributed by atoms with Gasteiger partial charge in [-0.15, -0.1) is 0 Å². The Morgan fingerprint density at radius 1 is 0.583 bits per heavy atom. The summed E-state index contributed by atoms with van der Waals surface area (Å²) in [6, 6.07) is 11.6. The van der Waals surface area contributed by atoms with Crippen LogP contribution < -0.4 is 0 Å². The lowest BCUT2D eigenvalue weighted by Crippen LogP contribution is -1.79. The summed E-state index contributed by atoms with van der Waals surface area (Å²) in [5.41, 5.74) is 1.49. The third-order valence-corrected chi connectivity index (χ3v) is 2.94. The Morgan fingerprint density at radius 2 is 1.33 bits per heavy atom. The van der Waals surface area contributed by atoms with Gasteiger partial charge in [0.2, 0.25) is 0 Å². The van der Waals surface area contributed by atoms with Gasteiger partial charge in [-0.2, -0.15) is 0 Å². The predicted molar refractivity (Wildman–Crippen MR) is 99.3 cm³/mol. The average molecular weight is 319 g/mol. The summed E-state index contributed by atoms with van der Waals surface area (Å²) < 4.78 is 68.5. The first kappa shape index (κ1) is 8.02. The molecule has 4 aromatic rings. The van der Waals surface area contributed by atoms with Crippen LogP contribution in [0.4, 0.5) is 0 Å². The van der Waals surface area contributed by atoms with Gasteiger partial charge in [-0.1, -0.05) is 72.7 Å². The molecule has 2 aromatic heterocycles. The van der Waals surface area contributed by atoms with E-state index < -0.39 is 54.5 Å². The number of benzene rings is 2. The Morgan fingerprint density at radius 3 is 2.08 bits per heavy atom. The monoisotopic (exact) mass is 319 g/mol. The first-order valence-corrected chi connectivity index (χ1v) is 7.13. The van der Waals surface area contributed by atoms with Gasteiger partial charge in [0.1, 0.15) is 0 Å². The van der Waals surface area contributed by atoms with Gasteiger partial charge in [0, 0.05) is 23.5 Å². The first-order valence-electron chi connectivity index (χ1n) is 11.6. The molecule has 0 atom stereocenters. The zero-order valence-electron chi connectivity index (χ0n) is 21.6. The second-order valence-corrected chi connectivity index (χ2v) is 4.53. The van der Waals surface area contributed by atoms with Crippen LogP contribution >= 0.6 is 0 Å². The van der Waals surface area contributed by atoms with Crippen LogP contribution in [0.25, 0.3) is 22.5 Å². The topological polar surface area (TPSA) is 25.8 Å². The molecule has 2 heterocycles. The van der Waals surface area contributed by atoms with E-state index in [0.29, 0.717) is 0 Å². The van der Waals surface area contributed by atoms with E-state index in [-0.39, 0.29) is 11.3 Å². The standard InChI is InChI=1S/2C11H9N/c2*1-2-6-10(7-3-1)11-8-4-5-9-12-11/h2*1-9H/i1D,2D,3D,4D,5D,6D,7D,8D,9D;. The molecule has 0 fully saturated rings. The molecule has 2 aromatic carbocycles. The highest BCUT2D eigenvalue weighted by Crippen LogP contribution is 2.15. The van der Waals surface area contributed by atoms with Gasteiger partial charge in [-0.3, -0.25) is 9.97 Å². The molecule has 0 bridgehead atoms. The third kappa shape index (κ3) is 4.37. The molecule has 0 saturated heterocycles. The maximum absolute atomic E-state index is 7.80. The quantitative estimate of drug-likeness (QED) is 0.488. The zero-order valence-corrected chi connectivity index (χ0v) is 12.6. The predicted octanol–water partition coefficient (Wildman–Crippen LogP) is 5.50. The SMILES string of the molecule is [2H]c1nc(-c2c([2H])c([2H])c([2H])c([2H])c2[2H])c([2H])c([2H])c1[2H].c1ccc(-c2ccccn2)cc1. The molecule has 2 nitrogen and oxygen atoms in total. The zero-order chi connectivity index (χ0) is 24.3. The maximum atomic E-state index is 7.80. The molecule has 0 aliphatic carbocycles. The van der Waals surface area contributed by atoms with Crippen molar-refractivity contribution in [3.8, 4) is 22.5 Å². The molecule has 0 saturated carbocycles. The largest absolute Gasteiger partial charge is 0.256 e. The van der Waals surface area contributed by atoms with E-state index in [0.717, 1.165) is 11.3 Å². The Hall–Kier alpha value is -3.26. The molecule has 0 spiro atoms. The summed E-state index contributed by atoms with van der Waals surface area (Å²) in [5, 5.41) is 0. The highest BCUT2D eigenvalue weighted by Gasteiger charge is 1.94. The van der Waals surface area contributed by atoms with Crippen LogP contribution in [-0.2, 0) is 0 Å². The minimum atomic E-state index is -0.585. The van der Waals surface area contributed by atoms with E-state index in [1.165, 1.54) is 0 Å². The van der Waals surface area contributed by atoms with Crippen LogP contribution in [0.2, 0.25) is 0 Å². The second-order valence-electron chi connectivity index (χ2n) is 4.53. The fourth-order valence-corrected chi connectivity index (χ4v) is 1.86. The molecule has 116 valence electrons. The Balaban J connectivity index is 0.000000215. The van der Waals surface area contributed by atoms with Gasteiger partial charge in [-0.05, 0) is 24.2 Å². The minimum Gasteiger partial charge on any atom is -0.256 e. The van der Waals surface area contributed by atoms with Gasteiger partial charge >= 0.3 is 0 Å². The lowest BCUT2D eigenvalue weighted by atomic mass is 10.1. The number of rotatable bonds is 2. The van der Waals surface area contributed by atoms with Gasteiger partial charge in [0.05, 0.1) is 23.7 Å². The van der Waals surface area contributed by atoms with Crippen molar-refractivity contribution >= 4 is 0 Å². The van der Waals surface area contributed by atoms with Gasteiger partial charge in [0.25, 0.3) is 0 Å². The van der Waals surface area contributed by atoms with Crippen LogP contribution in [0.1, 0.15) is 12.3 Å². The Kier molecular flexibility index (Phi) is 2.81. The molecule has 4 rings (SSSR count). The van der Waals surface area contributed by atoms with Crippen LogP contribution in [0.5, 0.6) is 0 Å². The molecule has 0 unspecified atom stereocenters. The van der Waals surface area contributed by atoms with Crippen molar-refractivity contribution in [2.24, 2.45) is 0 Å². The number of pyridine rings is 2. The lowest BCUT2D eigenvalue weighted by Gasteiger charge is -1.97. The van der Waals surface area contributed by atoms with Crippen molar-refractivity contribution < 1.29 is 12.3 Å². The fourth-order valence-electron chi connectivity index (χ4n) is 1.86. The molecule has 0 aliphatic heterocycles. The highest BCUT2D eigenvalue weighted by molar-refractivity contribution is 5.58. The summed E-state index contributed by atoms with van der Waals surface area (Å²) >= 11 is 0. The van der Waals surface area contributed by atoms with E-state index in [9.17, 15) is 0 Å². The van der Waals surface area contributed by atoms with E-state index >= 15 is 0 Å². The summed E-state index contributed by atoms with van der Waals surface area (Å²) in [4.78, 5) is 7.89. The van der Waals surface area contributed by atoms with E-state index in [1.807, 2.05) is 42.6 Å². The molecule has 24 heavy (non-hydrogen) atoms. The second kappa shape index (κ2) is 8.39. The summed E-state index contributed by atoms with van der Waals surface area (Å²) in [7, 11) is 0. The third-order valence-electron chi connectivity index (χ3n) is 2.94. The Labute approximate surface area is 155 Å². The fraction of sp³-hybridized carbons (Fsp3) is 0. The Bertz CT molecular complexity index is 1230. The van der Waals surface area contributed by atoms with Crippen LogP contribution in [-0.4, -0.2) is 9.97 Å². The smallest absolute Gasteiger partial charge is 0.0840 e. The van der Waals surface area contributed by atoms with Crippen LogP contribution in [0.3, 0.4) is 0 Å². The number of hydrogen-bond acceptors (Lipinski definition) is 2. The normalized spacial score (nSPS) is 14.9. The van der Waals surface area contributed by atoms with Crippen molar-refractivity contribution in [2.45, 2.75) is 0 Å². The summed E-state index contributed by atoms with van der Waals surface area (Å²) in [6.07, 6.45) is 1.22. The van der Waals surface area contributed by atoms with E-state index in [2.05, 4.69) is 22.1 Å². The average Bonchev–Trinajstić information content (AvgIpc) is 2.85. The summed E-state index contributed by atoms with van der Waals surface area (Å²) in [5.74, 6) is 0. The van der Waals surface area contributed by atoms with Crippen molar-refractivity contribution in [1.82, 2.24) is 9.97 Å². The first-order chi connectivity index (χ1) is 15.6. The number of nitrogens with zero attached hydrogens (tertiary/aromatic N) is 2. The minimum absolute atomic E-state index is 0.340. The highest BCUT2D eigenvalue weighted by atomic mass is 14.7. The number of aromatic nitrogens is 2. The van der Waals surface area contributed by atoms with E-state index in [4.69, 9.17) is 12.3 Å².